The van der Waals surface area contributed by atoms with Crippen molar-refractivity contribution in [3.05, 3.63) is 21.7 Å². The van der Waals surface area contributed by atoms with Gasteiger partial charge in [0.1, 0.15) is 10.5 Å². The number of hydrogen-bond donors (Lipinski definition) is 2. The molecule has 1 aliphatic heterocycles. The fourth-order valence-corrected chi connectivity index (χ4v) is 2.18. The summed E-state index contributed by atoms with van der Waals surface area (Å²) in [6.07, 6.45) is 1.94. The SMILES string of the molecule is COC(C)Cc1nc(=S)c2c([nH]1)CCNC2. The fraction of sp³-hybridized carbons (Fsp3) is 0.636. The van der Waals surface area contributed by atoms with Crippen LogP contribution in [0.5, 0.6) is 0 Å². The third kappa shape index (κ3) is 2.48. The minimum absolute atomic E-state index is 0.165. The number of hydrogen-bond acceptors (Lipinski definition) is 4. The van der Waals surface area contributed by atoms with E-state index in [1.165, 1.54) is 5.69 Å². The smallest absolute Gasteiger partial charge is 0.134 e. The van der Waals surface area contributed by atoms with Crippen LogP contribution in [0.3, 0.4) is 0 Å². The van der Waals surface area contributed by atoms with E-state index in [1.54, 1.807) is 7.11 Å². The summed E-state index contributed by atoms with van der Waals surface area (Å²) in [6, 6.07) is 0. The summed E-state index contributed by atoms with van der Waals surface area (Å²) < 4.78 is 5.95. The Morgan fingerprint density at radius 3 is 3.12 bits per heavy atom. The highest BCUT2D eigenvalue weighted by atomic mass is 32.1. The molecule has 2 N–H and O–H groups in total. The van der Waals surface area contributed by atoms with E-state index in [0.29, 0.717) is 0 Å². The Hall–Kier alpha value is -0.780. The average Bonchev–Trinajstić information content (AvgIpc) is 2.29. The molecule has 0 aromatic carbocycles. The van der Waals surface area contributed by atoms with Crippen molar-refractivity contribution in [1.82, 2.24) is 15.3 Å². The van der Waals surface area contributed by atoms with Crippen LogP contribution in [0.1, 0.15) is 24.0 Å². The van der Waals surface area contributed by atoms with Crippen LogP contribution in [0, 0.1) is 4.64 Å². The van der Waals surface area contributed by atoms with Gasteiger partial charge in [-0.25, -0.2) is 4.98 Å². The van der Waals surface area contributed by atoms with Crippen molar-refractivity contribution >= 4 is 12.2 Å². The number of fused-ring (bicyclic) bond motifs is 1. The van der Waals surface area contributed by atoms with E-state index in [-0.39, 0.29) is 6.10 Å². The van der Waals surface area contributed by atoms with Gasteiger partial charge in [-0.3, -0.25) is 0 Å². The van der Waals surface area contributed by atoms with Crippen molar-refractivity contribution in [1.29, 1.82) is 0 Å². The minimum atomic E-state index is 0.165. The molecule has 0 amide bonds. The highest BCUT2D eigenvalue weighted by Gasteiger charge is 2.13. The van der Waals surface area contributed by atoms with Gasteiger partial charge in [0, 0.05) is 44.3 Å². The van der Waals surface area contributed by atoms with Crippen molar-refractivity contribution in [2.75, 3.05) is 13.7 Å². The van der Waals surface area contributed by atoms with Crippen molar-refractivity contribution in [2.45, 2.75) is 32.4 Å². The molecule has 0 radical (unpaired) electrons. The minimum Gasteiger partial charge on any atom is -0.381 e. The van der Waals surface area contributed by atoms with Crippen molar-refractivity contribution in [3.63, 3.8) is 0 Å². The van der Waals surface area contributed by atoms with E-state index in [4.69, 9.17) is 17.0 Å². The summed E-state index contributed by atoms with van der Waals surface area (Å²) in [5.74, 6) is 0.931. The standard InChI is InChI=1S/C11H17N3OS/c1-7(15-2)5-10-13-9-3-4-12-6-8(9)11(16)14-10/h7,12H,3-6H2,1-2H3,(H,13,14,16). The van der Waals surface area contributed by atoms with Gasteiger partial charge in [0.2, 0.25) is 0 Å². The van der Waals surface area contributed by atoms with Crippen molar-refractivity contribution in [3.8, 4) is 0 Å². The molecule has 0 bridgehead atoms. The molecule has 1 aromatic heterocycles. The summed E-state index contributed by atoms with van der Waals surface area (Å²) in [5, 5.41) is 3.30. The van der Waals surface area contributed by atoms with Gasteiger partial charge < -0.3 is 15.0 Å². The summed E-state index contributed by atoms with van der Waals surface area (Å²) in [5.41, 5.74) is 2.38. The second-order valence-electron chi connectivity index (χ2n) is 4.12. The van der Waals surface area contributed by atoms with Crippen LogP contribution in [0.4, 0.5) is 0 Å². The number of aromatic nitrogens is 2. The highest BCUT2D eigenvalue weighted by molar-refractivity contribution is 7.71. The lowest BCUT2D eigenvalue weighted by Crippen LogP contribution is -2.26. The fourth-order valence-electron chi connectivity index (χ4n) is 1.87. The van der Waals surface area contributed by atoms with Crippen LogP contribution < -0.4 is 5.32 Å². The van der Waals surface area contributed by atoms with E-state index in [2.05, 4.69) is 15.3 Å². The van der Waals surface area contributed by atoms with Crippen LogP contribution in [0.25, 0.3) is 0 Å². The molecule has 1 aromatic rings. The summed E-state index contributed by atoms with van der Waals surface area (Å²) in [6.45, 7) is 3.86. The Morgan fingerprint density at radius 2 is 2.38 bits per heavy atom. The number of methoxy groups -OCH3 is 1. The predicted molar refractivity (Wildman–Crippen MR) is 65.0 cm³/mol. The zero-order valence-corrected chi connectivity index (χ0v) is 10.5. The molecule has 2 rings (SSSR count). The molecule has 0 spiro atoms. The third-order valence-corrected chi connectivity index (χ3v) is 3.23. The van der Waals surface area contributed by atoms with Gasteiger partial charge in [0.05, 0.1) is 6.10 Å². The molecule has 2 heterocycles. The Labute approximate surface area is 100 Å². The zero-order chi connectivity index (χ0) is 11.5. The zero-order valence-electron chi connectivity index (χ0n) is 9.67. The first-order valence-corrected chi connectivity index (χ1v) is 5.96. The van der Waals surface area contributed by atoms with E-state index < -0.39 is 0 Å². The molecule has 0 aliphatic carbocycles. The molecule has 16 heavy (non-hydrogen) atoms. The van der Waals surface area contributed by atoms with Crippen LogP contribution in [-0.2, 0) is 24.1 Å². The lowest BCUT2D eigenvalue weighted by Gasteiger charge is -2.18. The predicted octanol–water partition coefficient (Wildman–Crippen LogP) is 1.36. The van der Waals surface area contributed by atoms with Crippen LogP contribution >= 0.6 is 12.2 Å². The molecule has 1 aliphatic rings. The first-order valence-electron chi connectivity index (χ1n) is 5.55. The Kier molecular flexibility index (Phi) is 3.68. The maximum Gasteiger partial charge on any atom is 0.134 e. The summed E-state index contributed by atoms with van der Waals surface area (Å²) in [4.78, 5) is 7.79. The molecule has 0 saturated heterocycles. The van der Waals surface area contributed by atoms with Crippen LogP contribution in [0.2, 0.25) is 0 Å². The van der Waals surface area contributed by atoms with E-state index in [1.807, 2.05) is 6.92 Å². The largest absolute Gasteiger partial charge is 0.381 e. The van der Waals surface area contributed by atoms with Gasteiger partial charge >= 0.3 is 0 Å². The lowest BCUT2D eigenvalue weighted by molar-refractivity contribution is 0.117. The topological polar surface area (TPSA) is 49.9 Å². The Morgan fingerprint density at radius 1 is 1.56 bits per heavy atom. The van der Waals surface area contributed by atoms with Gasteiger partial charge in [0.15, 0.2) is 0 Å². The van der Waals surface area contributed by atoms with Crippen LogP contribution in [0.15, 0.2) is 0 Å². The summed E-state index contributed by atoms with van der Waals surface area (Å²) >= 11 is 5.30. The number of aromatic amines is 1. The number of nitrogens with zero attached hydrogens (tertiary/aromatic N) is 1. The molecule has 88 valence electrons. The first-order chi connectivity index (χ1) is 7.70. The maximum absolute atomic E-state index is 5.30. The third-order valence-electron chi connectivity index (χ3n) is 2.89. The molecule has 4 nitrogen and oxygen atoms in total. The van der Waals surface area contributed by atoms with Gasteiger partial charge in [0.25, 0.3) is 0 Å². The van der Waals surface area contributed by atoms with Gasteiger partial charge in [-0.05, 0) is 6.92 Å². The quantitative estimate of drug-likeness (QED) is 0.782. The van der Waals surface area contributed by atoms with E-state index >= 15 is 0 Å². The molecule has 1 atom stereocenters. The highest BCUT2D eigenvalue weighted by Crippen LogP contribution is 2.13. The Bertz CT molecular complexity index is 430. The van der Waals surface area contributed by atoms with Gasteiger partial charge in [-0.15, -0.1) is 0 Å². The number of ether oxygens (including phenoxy) is 1. The second kappa shape index (κ2) is 5.03. The van der Waals surface area contributed by atoms with Crippen molar-refractivity contribution < 1.29 is 4.74 Å². The number of nitrogens with one attached hydrogen (secondary N) is 2. The molecule has 1 unspecified atom stereocenters. The van der Waals surface area contributed by atoms with Crippen LogP contribution in [-0.4, -0.2) is 29.7 Å². The van der Waals surface area contributed by atoms with E-state index in [9.17, 15) is 0 Å². The monoisotopic (exact) mass is 239 g/mol. The summed E-state index contributed by atoms with van der Waals surface area (Å²) in [7, 11) is 1.71. The average molecular weight is 239 g/mol. The molecule has 0 fully saturated rings. The molecule has 5 heteroatoms. The molecule has 0 saturated carbocycles. The van der Waals surface area contributed by atoms with Crippen molar-refractivity contribution in [2.24, 2.45) is 0 Å². The van der Waals surface area contributed by atoms with E-state index in [0.717, 1.165) is 42.0 Å². The first kappa shape index (κ1) is 11.7. The van der Waals surface area contributed by atoms with Gasteiger partial charge in [-0.2, -0.15) is 0 Å². The number of rotatable bonds is 3. The maximum atomic E-state index is 5.30. The Balaban J connectivity index is 2.28. The van der Waals surface area contributed by atoms with Gasteiger partial charge in [-0.1, -0.05) is 12.2 Å². The lowest BCUT2D eigenvalue weighted by atomic mass is 10.1. The second-order valence-corrected chi connectivity index (χ2v) is 4.51. The molecular formula is C11H17N3OS. The number of H-pyrrole nitrogens is 1. The molecular weight excluding hydrogens is 222 g/mol. The normalized spacial score (nSPS) is 16.9.